The fourth-order valence-electron chi connectivity index (χ4n) is 2.38. The Morgan fingerprint density at radius 3 is 2.58 bits per heavy atom. The average Bonchev–Trinajstić information content (AvgIpc) is 3.24. The van der Waals surface area contributed by atoms with E-state index in [1.54, 1.807) is 24.3 Å². The van der Waals surface area contributed by atoms with Crippen molar-refractivity contribution in [2.75, 3.05) is 0 Å². The molecule has 7 nitrogen and oxygen atoms in total. The van der Waals surface area contributed by atoms with Crippen LogP contribution in [0.25, 0.3) is 0 Å². The monoisotopic (exact) mass is 369 g/mol. The largest absolute Gasteiger partial charge is 0.480 e. The van der Waals surface area contributed by atoms with Gasteiger partial charge in [0.2, 0.25) is 10.0 Å². The predicted molar refractivity (Wildman–Crippen MR) is 87.1 cm³/mol. The molecule has 1 aliphatic carbocycles. The summed E-state index contributed by atoms with van der Waals surface area (Å²) >= 11 is 5.86. The molecule has 1 N–H and O–H groups in total. The zero-order valence-electron chi connectivity index (χ0n) is 12.7. The molecular weight excluding hydrogens is 354 g/mol. The third-order valence-corrected chi connectivity index (χ3v) is 5.82. The van der Waals surface area contributed by atoms with Crippen LogP contribution in [0.3, 0.4) is 0 Å². The summed E-state index contributed by atoms with van der Waals surface area (Å²) in [5.41, 5.74) is 0.841. The quantitative estimate of drug-likeness (QED) is 0.805. The van der Waals surface area contributed by atoms with E-state index >= 15 is 0 Å². The molecule has 2 aromatic rings. The van der Waals surface area contributed by atoms with E-state index in [2.05, 4.69) is 5.10 Å². The molecule has 0 radical (unpaired) electrons. The van der Waals surface area contributed by atoms with Crippen molar-refractivity contribution in [3.05, 3.63) is 47.2 Å². The Bertz CT molecular complexity index is 844. The molecule has 1 saturated carbocycles. The van der Waals surface area contributed by atoms with Gasteiger partial charge < -0.3 is 5.11 Å². The number of carboxylic acid groups (broad SMARTS) is 1. The van der Waals surface area contributed by atoms with Crippen LogP contribution in [-0.2, 0) is 27.9 Å². The van der Waals surface area contributed by atoms with Crippen molar-refractivity contribution < 1.29 is 18.3 Å². The van der Waals surface area contributed by atoms with Gasteiger partial charge in [-0.3, -0.25) is 9.48 Å². The smallest absolute Gasteiger partial charge is 0.325 e. The second kappa shape index (κ2) is 6.54. The molecule has 0 atom stereocenters. The second-order valence-corrected chi connectivity index (χ2v) is 8.00. The Hall–Kier alpha value is -1.90. The zero-order chi connectivity index (χ0) is 17.3. The lowest BCUT2D eigenvalue weighted by atomic mass is 10.2. The summed E-state index contributed by atoms with van der Waals surface area (Å²) in [7, 11) is -3.74. The number of carbonyl (C=O) groups is 1. The molecular formula is C15H16ClN3O4S. The van der Waals surface area contributed by atoms with Crippen molar-refractivity contribution in [1.29, 1.82) is 0 Å². The summed E-state index contributed by atoms with van der Waals surface area (Å²) in [5.74, 6) is -1.08. The van der Waals surface area contributed by atoms with Gasteiger partial charge in [-0.15, -0.1) is 0 Å². The van der Waals surface area contributed by atoms with E-state index in [4.69, 9.17) is 16.7 Å². The van der Waals surface area contributed by atoms with E-state index in [9.17, 15) is 13.2 Å². The number of hydrogen-bond donors (Lipinski definition) is 1. The van der Waals surface area contributed by atoms with E-state index in [0.29, 0.717) is 5.02 Å². The highest BCUT2D eigenvalue weighted by atomic mass is 35.5. The van der Waals surface area contributed by atoms with Crippen molar-refractivity contribution in [1.82, 2.24) is 14.1 Å². The summed E-state index contributed by atoms with van der Waals surface area (Å²) in [6.07, 6.45) is 4.07. The maximum absolute atomic E-state index is 12.9. The van der Waals surface area contributed by atoms with Crippen LogP contribution >= 0.6 is 11.6 Å². The van der Waals surface area contributed by atoms with Crippen molar-refractivity contribution in [3.8, 4) is 0 Å². The highest BCUT2D eigenvalue weighted by molar-refractivity contribution is 7.89. The Morgan fingerprint density at radius 1 is 1.33 bits per heavy atom. The highest BCUT2D eigenvalue weighted by Gasteiger charge is 2.38. The minimum atomic E-state index is -3.74. The molecule has 1 heterocycles. The Kier molecular flexibility index (Phi) is 4.62. The van der Waals surface area contributed by atoms with Crippen LogP contribution < -0.4 is 0 Å². The summed E-state index contributed by atoms with van der Waals surface area (Å²) in [4.78, 5) is 10.7. The predicted octanol–water partition coefficient (Wildman–Crippen LogP) is 1.97. The van der Waals surface area contributed by atoms with Crippen LogP contribution in [0.2, 0.25) is 5.02 Å². The molecule has 0 unspecified atom stereocenters. The normalized spacial score (nSPS) is 14.9. The Labute approximate surface area is 144 Å². The standard InChI is InChI=1S/C15H16ClN3O4S/c16-12-3-1-11(2-4-12)8-19(13-5-6-13)24(22,23)14-7-17-18(9-14)10-15(20)21/h1-4,7,9,13H,5-6,8,10H2,(H,20,21). The Balaban J connectivity index is 1.85. The van der Waals surface area contributed by atoms with E-state index in [1.807, 2.05) is 0 Å². The van der Waals surface area contributed by atoms with E-state index in [1.165, 1.54) is 16.7 Å². The number of aliphatic carboxylic acids is 1. The van der Waals surface area contributed by atoms with Crippen molar-refractivity contribution in [3.63, 3.8) is 0 Å². The van der Waals surface area contributed by atoms with Gasteiger partial charge in [0.1, 0.15) is 11.4 Å². The number of halogens is 1. The lowest BCUT2D eigenvalue weighted by molar-refractivity contribution is -0.137. The van der Waals surface area contributed by atoms with Crippen LogP contribution in [0.4, 0.5) is 0 Å². The lowest BCUT2D eigenvalue weighted by Crippen LogP contribution is -2.32. The van der Waals surface area contributed by atoms with Gasteiger partial charge in [0.05, 0.1) is 6.20 Å². The van der Waals surface area contributed by atoms with E-state index in [-0.39, 0.29) is 24.0 Å². The minimum Gasteiger partial charge on any atom is -0.480 e. The van der Waals surface area contributed by atoms with Gasteiger partial charge in [-0.1, -0.05) is 23.7 Å². The van der Waals surface area contributed by atoms with Gasteiger partial charge in [0, 0.05) is 23.8 Å². The van der Waals surface area contributed by atoms with Gasteiger partial charge in [-0.2, -0.15) is 9.40 Å². The molecule has 128 valence electrons. The molecule has 0 spiro atoms. The van der Waals surface area contributed by atoms with Crippen molar-refractivity contribution >= 4 is 27.6 Å². The third-order valence-electron chi connectivity index (χ3n) is 3.72. The van der Waals surface area contributed by atoms with Crippen LogP contribution in [0, 0.1) is 0 Å². The SMILES string of the molecule is O=C(O)Cn1cc(S(=O)(=O)N(Cc2ccc(Cl)cc2)C2CC2)cn1. The highest BCUT2D eigenvalue weighted by Crippen LogP contribution is 2.33. The van der Waals surface area contributed by atoms with Gasteiger partial charge in [0.15, 0.2) is 0 Å². The number of hydrogen-bond acceptors (Lipinski definition) is 4. The molecule has 1 aliphatic rings. The molecule has 0 aliphatic heterocycles. The maximum atomic E-state index is 12.9. The maximum Gasteiger partial charge on any atom is 0.325 e. The molecule has 1 fully saturated rings. The molecule has 24 heavy (non-hydrogen) atoms. The zero-order valence-corrected chi connectivity index (χ0v) is 14.2. The summed E-state index contributed by atoms with van der Waals surface area (Å²) in [5, 5.41) is 13.2. The average molecular weight is 370 g/mol. The molecule has 9 heteroatoms. The summed E-state index contributed by atoms with van der Waals surface area (Å²) in [6.45, 7) is -0.135. The minimum absolute atomic E-state index is 0.00427. The number of rotatable bonds is 7. The second-order valence-electron chi connectivity index (χ2n) is 5.68. The van der Waals surface area contributed by atoms with Crippen LogP contribution in [0.15, 0.2) is 41.6 Å². The van der Waals surface area contributed by atoms with Gasteiger partial charge in [-0.05, 0) is 30.5 Å². The number of benzene rings is 1. The molecule has 0 amide bonds. The first-order valence-corrected chi connectivity index (χ1v) is 9.18. The molecule has 0 bridgehead atoms. The topological polar surface area (TPSA) is 92.5 Å². The van der Waals surface area contributed by atoms with Gasteiger partial charge in [-0.25, -0.2) is 8.42 Å². The third kappa shape index (κ3) is 3.77. The molecule has 1 aromatic carbocycles. The lowest BCUT2D eigenvalue weighted by Gasteiger charge is -2.21. The molecule has 0 saturated heterocycles. The molecule has 3 rings (SSSR count). The first-order valence-electron chi connectivity index (χ1n) is 7.37. The molecule has 1 aromatic heterocycles. The first-order chi connectivity index (χ1) is 11.4. The number of sulfonamides is 1. The number of carboxylic acids is 1. The van der Waals surface area contributed by atoms with Crippen LogP contribution in [-0.4, -0.2) is 39.6 Å². The first kappa shape index (κ1) is 16.9. The van der Waals surface area contributed by atoms with Crippen molar-refractivity contribution in [2.45, 2.75) is 36.9 Å². The number of aromatic nitrogens is 2. The van der Waals surface area contributed by atoms with E-state index < -0.39 is 16.0 Å². The van der Waals surface area contributed by atoms with E-state index in [0.717, 1.165) is 23.1 Å². The van der Waals surface area contributed by atoms with Crippen molar-refractivity contribution in [2.24, 2.45) is 0 Å². The Morgan fingerprint density at radius 2 is 2.00 bits per heavy atom. The fraction of sp³-hybridized carbons (Fsp3) is 0.333. The summed E-state index contributed by atoms with van der Waals surface area (Å²) < 4.78 is 28.3. The van der Waals surface area contributed by atoms with Crippen LogP contribution in [0.5, 0.6) is 0 Å². The fourth-order valence-corrected chi connectivity index (χ4v) is 4.14. The van der Waals surface area contributed by atoms with Gasteiger partial charge in [0.25, 0.3) is 0 Å². The summed E-state index contributed by atoms with van der Waals surface area (Å²) in [6, 6.07) is 7.00. The van der Waals surface area contributed by atoms with Crippen LogP contribution in [0.1, 0.15) is 18.4 Å². The number of nitrogens with zero attached hydrogens (tertiary/aromatic N) is 3. The van der Waals surface area contributed by atoms with Gasteiger partial charge >= 0.3 is 5.97 Å².